The molecule has 6 heteroatoms. The van der Waals surface area contributed by atoms with E-state index in [1.54, 1.807) is 0 Å². The van der Waals surface area contributed by atoms with Gasteiger partial charge in [0.15, 0.2) is 5.96 Å². The van der Waals surface area contributed by atoms with Gasteiger partial charge in [-0.1, -0.05) is 36.4 Å². The van der Waals surface area contributed by atoms with Crippen molar-refractivity contribution < 1.29 is 0 Å². The molecule has 5 nitrogen and oxygen atoms in total. The Bertz CT molecular complexity index is 836. The van der Waals surface area contributed by atoms with Crippen molar-refractivity contribution in [3.8, 4) is 0 Å². The van der Waals surface area contributed by atoms with Crippen LogP contribution in [-0.2, 0) is 13.1 Å². The quantitative estimate of drug-likeness (QED) is 0.356. The SMILES string of the molecule is CC(C)NC(N)=NCc1ccc(Cn2cnc3ccccc32)cc1.I. The van der Waals surface area contributed by atoms with Crippen molar-refractivity contribution in [2.75, 3.05) is 0 Å². The zero-order valence-electron chi connectivity index (χ0n) is 14.5. The molecule has 0 amide bonds. The van der Waals surface area contributed by atoms with Crippen molar-refractivity contribution in [3.63, 3.8) is 0 Å². The average molecular weight is 449 g/mol. The molecule has 0 aliphatic carbocycles. The number of hydrogen-bond donors (Lipinski definition) is 2. The highest BCUT2D eigenvalue weighted by Gasteiger charge is 2.02. The number of nitrogens with zero attached hydrogens (tertiary/aromatic N) is 3. The molecule has 1 aromatic heterocycles. The first-order valence-electron chi connectivity index (χ1n) is 8.16. The van der Waals surface area contributed by atoms with Crippen LogP contribution in [-0.4, -0.2) is 21.6 Å². The summed E-state index contributed by atoms with van der Waals surface area (Å²) in [6.07, 6.45) is 1.89. The van der Waals surface area contributed by atoms with Crippen LogP contribution in [0.3, 0.4) is 0 Å². The number of hydrogen-bond acceptors (Lipinski definition) is 2. The van der Waals surface area contributed by atoms with Gasteiger partial charge in [-0.05, 0) is 37.1 Å². The number of imidazole rings is 1. The number of rotatable bonds is 5. The molecule has 132 valence electrons. The van der Waals surface area contributed by atoms with Gasteiger partial charge < -0.3 is 15.6 Å². The van der Waals surface area contributed by atoms with Crippen molar-refractivity contribution >= 4 is 41.0 Å². The molecule has 3 rings (SSSR count). The summed E-state index contributed by atoms with van der Waals surface area (Å²) < 4.78 is 2.16. The molecule has 25 heavy (non-hydrogen) atoms. The highest BCUT2D eigenvalue weighted by Crippen LogP contribution is 2.14. The lowest BCUT2D eigenvalue weighted by Gasteiger charge is -2.09. The normalized spacial score (nSPS) is 11.6. The van der Waals surface area contributed by atoms with E-state index in [2.05, 4.69) is 50.2 Å². The Kier molecular flexibility index (Phi) is 6.81. The van der Waals surface area contributed by atoms with Gasteiger partial charge in [0.25, 0.3) is 0 Å². The summed E-state index contributed by atoms with van der Waals surface area (Å²) in [7, 11) is 0. The van der Waals surface area contributed by atoms with Crippen LogP contribution >= 0.6 is 24.0 Å². The monoisotopic (exact) mass is 449 g/mol. The number of nitrogens with two attached hydrogens (primary N) is 1. The third-order valence-corrected chi connectivity index (χ3v) is 3.77. The van der Waals surface area contributed by atoms with E-state index in [9.17, 15) is 0 Å². The second-order valence-electron chi connectivity index (χ2n) is 6.18. The summed E-state index contributed by atoms with van der Waals surface area (Å²) >= 11 is 0. The minimum absolute atomic E-state index is 0. The summed E-state index contributed by atoms with van der Waals surface area (Å²) in [5, 5.41) is 3.09. The van der Waals surface area contributed by atoms with E-state index in [1.807, 2.05) is 38.4 Å². The van der Waals surface area contributed by atoms with Crippen molar-refractivity contribution in [2.24, 2.45) is 10.7 Å². The molecule has 0 saturated heterocycles. The number of para-hydroxylation sites is 2. The number of nitrogens with one attached hydrogen (secondary N) is 1. The molecule has 0 radical (unpaired) electrons. The Morgan fingerprint density at radius 1 is 1.12 bits per heavy atom. The third-order valence-electron chi connectivity index (χ3n) is 3.77. The van der Waals surface area contributed by atoms with Gasteiger partial charge in [0.2, 0.25) is 0 Å². The maximum Gasteiger partial charge on any atom is 0.189 e. The predicted molar refractivity (Wildman–Crippen MR) is 114 cm³/mol. The first-order chi connectivity index (χ1) is 11.6. The second-order valence-corrected chi connectivity index (χ2v) is 6.18. The van der Waals surface area contributed by atoms with Gasteiger partial charge in [-0.25, -0.2) is 9.98 Å². The van der Waals surface area contributed by atoms with Gasteiger partial charge in [0.1, 0.15) is 0 Å². The lowest BCUT2D eigenvalue weighted by atomic mass is 10.1. The summed E-state index contributed by atoms with van der Waals surface area (Å²) in [6, 6.07) is 16.9. The second kappa shape index (κ2) is 8.84. The Morgan fingerprint density at radius 3 is 2.52 bits per heavy atom. The molecular formula is C19H24IN5. The molecule has 3 N–H and O–H groups in total. The summed E-state index contributed by atoms with van der Waals surface area (Å²) in [5.41, 5.74) is 10.4. The van der Waals surface area contributed by atoms with Crippen molar-refractivity contribution in [3.05, 3.63) is 66.0 Å². The maximum atomic E-state index is 5.82. The van der Waals surface area contributed by atoms with Crippen molar-refractivity contribution in [1.29, 1.82) is 0 Å². The van der Waals surface area contributed by atoms with E-state index in [-0.39, 0.29) is 24.0 Å². The third kappa shape index (κ3) is 5.19. The van der Waals surface area contributed by atoms with Crippen molar-refractivity contribution in [1.82, 2.24) is 14.9 Å². The number of aliphatic imine (C=N–C) groups is 1. The zero-order chi connectivity index (χ0) is 16.9. The fraction of sp³-hybridized carbons (Fsp3) is 0.263. The zero-order valence-corrected chi connectivity index (χ0v) is 16.8. The molecule has 0 spiro atoms. The Morgan fingerprint density at radius 2 is 1.80 bits per heavy atom. The number of halogens is 1. The van der Waals surface area contributed by atoms with Gasteiger partial charge in [0, 0.05) is 12.6 Å². The molecule has 0 saturated carbocycles. The van der Waals surface area contributed by atoms with Crippen LogP contribution in [0.25, 0.3) is 11.0 Å². The van der Waals surface area contributed by atoms with Gasteiger partial charge >= 0.3 is 0 Å². The van der Waals surface area contributed by atoms with Crippen LogP contribution in [0.15, 0.2) is 59.9 Å². The number of fused-ring (bicyclic) bond motifs is 1. The van der Waals surface area contributed by atoms with E-state index in [0.29, 0.717) is 18.5 Å². The average Bonchev–Trinajstić information content (AvgIpc) is 2.97. The van der Waals surface area contributed by atoms with Crippen LogP contribution in [0, 0.1) is 0 Å². The van der Waals surface area contributed by atoms with Crippen LogP contribution in [0.1, 0.15) is 25.0 Å². The molecule has 0 unspecified atom stereocenters. The van der Waals surface area contributed by atoms with Crippen LogP contribution in [0.5, 0.6) is 0 Å². The largest absolute Gasteiger partial charge is 0.370 e. The smallest absolute Gasteiger partial charge is 0.189 e. The van der Waals surface area contributed by atoms with E-state index in [1.165, 1.54) is 5.56 Å². The van der Waals surface area contributed by atoms with E-state index >= 15 is 0 Å². The van der Waals surface area contributed by atoms with Crippen LogP contribution in [0.2, 0.25) is 0 Å². The molecule has 2 aromatic carbocycles. The summed E-state index contributed by atoms with van der Waals surface area (Å²) in [6.45, 7) is 5.47. The molecule has 0 atom stereocenters. The van der Waals surface area contributed by atoms with Crippen molar-refractivity contribution in [2.45, 2.75) is 33.0 Å². The Balaban J connectivity index is 0.00000225. The standard InChI is InChI=1S/C19H23N5.HI/c1-14(2)23-19(20)21-11-15-7-9-16(10-8-15)12-24-13-22-17-5-3-4-6-18(17)24;/h3-10,13-14H,11-12H2,1-2H3,(H3,20,21,23);1H. The Hall–Kier alpha value is -2.09. The highest BCUT2D eigenvalue weighted by atomic mass is 127. The number of guanidine groups is 1. The Labute approximate surface area is 165 Å². The first-order valence-corrected chi connectivity index (χ1v) is 8.16. The van der Waals surface area contributed by atoms with Gasteiger partial charge in [-0.3, -0.25) is 0 Å². The fourth-order valence-electron chi connectivity index (χ4n) is 2.60. The van der Waals surface area contributed by atoms with Gasteiger partial charge in [-0.15, -0.1) is 24.0 Å². The van der Waals surface area contributed by atoms with Gasteiger partial charge in [0.05, 0.1) is 23.9 Å². The van der Waals surface area contributed by atoms with E-state index in [4.69, 9.17) is 5.73 Å². The predicted octanol–water partition coefficient (Wildman–Crippen LogP) is 3.52. The topological polar surface area (TPSA) is 68.2 Å². The van der Waals surface area contributed by atoms with Crippen LogP contribution in [0.4, 0.5) is 0 Å². The molecule has 3 aromatic rings. The highest BCUT2D eigenvalue weighted by molar-refractivity contribution is 14.0. The molecule has 0 aliphatic heterocycles. The molecule has 1 heterocycles. The molecular weight excluding hydrogens is 425 g/mol. The fourth-order valence-corrected chi connectivity index (χ4v) is 2.60. The lowest BCUT2D eigenvalue weighted by Crippen LogP contribution is -2.36. The number of benzene rings is 2. The van der Waals surface area contributed by atoms with Gasteiger partial charge in [-0.2, -0.15) is 0 Å². The maximum absolute atomic E-state index is 5.82. The summed E-state index contributed by atoms with van der Waals surface area (Å²) in [4.78, 5) is 8.78. The minimum atomic E-state index is 0. The number of aromatic nitrogens is 2. The van der Waals surface area contributed by atoms with Crippen LogP contribution < -0.4 is 11.1 Å². The van der Waals surface area contributed by atoms with E-state index in [0.717, 1.165) is 23.1 Å². The first kappa shape index (κ1) is 19.2. The minimum Gasteiger partial charge on any atom is -0.370 e. The lowest BCUT2D eigenvalue weighted by molar-refractivity contribution is 0.723. The summed E-state index contributed by atoms with van der Waals surface area (Å²) in [5.74, 6) is 0.485. The molecule has 0 bridgehead atoms. The molecule has 0 fully saturated rings. The van der Waals surface area contributed by atoms with E-state index < -0.39 is 0 Å². The molecule has 0 aliphatic rings.